The second kappa shape index (κ2) is 11.3. The molecule has 0 aliphatic carbocycles. The molecule has 0 saturated carbocycles. The van der Waals surface area contributed by atoms with Crippen LogP contribution in [0.5, 0.6) is 5.75 Å². The molecule has 2 aromatic carbocycles. The number of nitrogens with one attached hydrogen (secondary N) is 3. The summed E-state index contributed by atoms with van der Waals surface area (Å²) in [7, 11) is 3.82. The minimum Gasteiger partial charge on any atom is -0.494 e. The number of pyridine rings is 1. The number of likely N-dealkylation sites (tertiary alicyclic amines) is 1. The van der Waals surface area contributed by atoms with Crippen LogP contribution in [0.3, 0.4) is 0 Å². The van der Waals surface area contributed by atoms with E-state index >= 15 is 0 Å². The third kappa shape index (κ3) is 5.73. The van der Waals surface area contributed by atoms with Gasteiger partial charge >= 0.3 is 0 Å². The standard InChI is InChI=1S/C29H31N7O2/c1-4-27(37)33-22-10-13-30-25(16-22)23-7-5-6-19-18-31-29(35-28(19)23)34-24-9-8-21(17-26(24)38-3)32-20-11-14-36(2)15-12-20/h4-10,13,16-18,20,32H,1,11-12,14-15H2,2-3H3,(H,30,33,37)(H,31,34,35). The number of carbonyl (C=O) groups is 1. The van der Waals surface area contributed by atoms with E-state index in [0.717, 1.165) is 53.8 Å². The Morgan fingerprint density at radius 1 is 1.11 bits per heavy atom. The predicted octanol–water partition coefficient (Wildman–Crippen LogP) is 5.07. The van der Waals surface area contributed by atoms with Crippen molar-refractivity contribution >= 4 is 39.8 Å². The van der Waals surface area contributed by atoms with Gasteiger partial charge in [0.15, 0.2) is 0 Å². The molecule has 0 radical (unpaired) electrons. The molecule has 5 rings (SSSR count). The first-order valence-electron chi connectivity index (χ1n) is 12.6. The summed E-state index contributed by atoms with van der Waals surface area (Å²) in [6.07, 6.45) is 6.89. The molecule has 1 saturated heterocycles. The van der Waals surface area contributed by atoms with Gasteiger partial charge < -0.3 is 25.6 Å². The molecule has 9 nitrogen and oxygen atoms in total. The van der Waals surface area contributed by atoms with Crippen LogP contribution >= 0.6 is 0 Å². The van der Waals surface area contributed by atoms with E-state index in [0.29, 0.717) is 29.1 Å². The van der Waals surface area contributed by atoms with Gasteiger partial charge in [-0.25, -0.2) is 9.97 Å². The number of nitrogens with zero attached hydrogens (tertiary/aromatic N) is 4. The highest BCUT2D eigenvalue weighted by Gasteiger charge is 2.17. The number of carbonyl (C=O) groups excluding carboxylic acids is 1. The molecule has 1 aliphatic rings. The van der Waals surface area contributed by atoms with Crippen LogP contribution < -0.4 is 20.7 Å². The Morgan fingerprint density at radius 3 is 2.74 bits per heavy atom. The summed E-state index contributed by atoms with van der Waals surface area (Å²) in [5, 5.41) is 10.6. The summed E-state index contributed by atoms with van der Waals surface area (Å²) in [6.45, 7) is 5.69. The van der Waals surface area contributed by atoms with Gasteiger partial charge in [-0.1, -0.05) is 24.8 Å². The number of piperidine rings is 1. The number of fused-ring (bicyclic) bond motifs is 1. The zero-order valence-corrected chi connectivity index (χ0v) is 21.6. The Bertz CT molecular complexity index is 1460. The lowest BCUT2D eigenvalue weighted by Crippen LogP contribution is -2.36. The number of hydrogen-bond donors (Lipinski definition) is 3. The van der Waals surface area contributed by atoms with Crippen molar-refractivity contribution in [1.82, 2.24) is 19.9 Å². The molecule has 3 heterocycles. The monoisotopic (exact) mass is 509 g/mol. The molecule has 194 valence electrons. The van der Waals surface area contributed by atoms with Crippen molar-refractivity contribution in [2.45, 2.75) is 18.9 Å². The van der Waals surface area contributed by atoms with Crippen LogP contribution in [0.1, 0.15) is 12.8 Å². The van der Waals surface area contributed by atoms with Crippen molar-refractivity contribution in [2.24, 2.45) is 0 Å². The highest BCUT2D eigenvalue weighted by molar-refractivity contribution is 5.99. The Balaban J connectivity index is 1.40. The van der Waals surface area contributed by atoms with E-state index in [1.807, 2.05) is 42.5 Å². The summed E-state index contributed by atoms with van der Waals surface area (Å²) < 4.78 is 5.68. The summed E-state index contributed by atoms with van der Waals surface area (Å²) in [4.78, 5) is 27.9. The third-order valence-corrected chi connectivity index (χ3v) is 6.64. The van der Waals surface area contributed by atoms with E-state index in [-0.39, 0.29) is 5.91 Å². The number of aromatic nitrogens is 3. The van der Waals surface area contributed by atoms with Crippen LogP contribution in [0.15, 0.2) is 73.6 Å². The number of amides is 1. The zero-order valence-electron chi connectivity index (χ0n) is 21.6. The van der Waals surface area contributed by atoms with Crippen molar-refractivity contribution in [2.75, 3.05) is 43.2 Å². The molecule has 0 atom stereocenters. The van der Waals surface area contributed by atoms with E-state index in [4.69, 9.17) is 9.72 Å². The van der Waals surface area contributed by atoms with Gasteiger partial charge in [-0.05, 0) is 63.3 Å². The van der Waals surface area contributed by atoms with Gasteiger partial charge in [0.2, 0.25) is 11.9 Å². The van der Waals surface area contributed by atoms with Gasteiger partial charge in [-0.3, -0.25) is 9.78 Å². The number of para-hydroxylation sites is 1. The van der Waals surface area contributed by atoms with Crippen LogP contribution in [0.4, 0.5) is 23.0 Å². The maximum Gasteiger partial charge on any atom is 0.247 e. The molecular weight excluding hydrogens is 478 g/mol. The second-order valence-corrected chi connectivity index (χ2v) is 9.32. The molecule has 2 aromatic heterocycles. The molecule has 4 aromatic rings. The molecule has 1 fully saturated rings. The molecule has 9 heteroatoms. The summed E-state index contributed by atoms with van der Waals surface area (Å²) >= 11 is 0. The second-order valence-electron chi connectivity index (χ2n) is 9.32. The Labute approximate surface area is 222 Å². The average molecular weight is 510 g/mol. The van der Waals surface area contributed by atoms with Crippen molar-refractivity contribution in [3.8, 4) is 17.0 Å². The minimum absolute atomic E-state index is 0.282. The van der Waals surface area contributed by atoms with Crippen LogP contribution in [0.2, 0.25) is 0 Å². The van der Waals surface area contributed by atoms with Crippen molar-refractivity contribution in [3.05, 3.63) is 73.6 Å². The van der Waals surface area contributed by atoms with E-state index in [9.17, 15) is 4.79 Å². The molecule has 3 N–H and O–H groups in total. The number of methoxy groups -OCH3 is 1. The van der Waals surface area contributed by atoms with Crippen LogP contribution in [-0.2, 0) is 4.79 Å². The zero-order chi connectivity index (χ0) is 26.5. The van der Waals surface area contributed by atoms with Crippen molar-refractivity contribution in [1.29, 1.82) is 0 Å². The maximum absolute atomic E-state index is 11.8. The van der Waals surface area contributed by atoms with Crippen molar-refractivity contribution in [3.63, 3.8) is 0 Å². The molecule has 38 heavy (non-hydrogen) atoms. The fraction of sp³-hybridized carbons (Fsp3) is 0.241. The normalized spacial score (nSPS) is 14.2. The average Bonchev–Trinajstić information content (AvgIpc) is 2.94. The van der Waals surface area contributed by atoms with Gasteiger partial charge in [-0.2, -0.15) is 0 Å². The predicted molar refractivity (Wildman–Crippen MR) is 152 cm³/mol. The number of benzene rings is 2. The topological polar surface area (TPSA) is 104 Å². The number of ether oxygens (including phenoxy) is 1. The fourth-order valence-corrected chi connectivity index (χ4v) is 4.56. The van der Waals surface area contributed by atoms with E-state index in [1.165, 1.54) is 6.08 Å². The lowest BCUT2D eigenvalue weighted by molar-refractivity contribution is -0.111. The maximum atomic E-state index is 11.8. The van der Waals surface area contributed by atoms with Gasteiger partial charge in [0.05, 0.1) is 24.0 Å². The molecular formula is C29H31N7O2. The third-order valence-electron chi connectivity index (χ3n) is 6.64. The first-order chi connectivity index (χ1) is 18.5. The quantitative estimate of drug-likeness (QED) is 0.283. The van der Waals surface area contributed by atoms with E-state index in [1.54, 1.807) is 25.6 Å². The van der Waals surface area contributed by atoms with Gasteiger partial charge in [0.1, 0.15) is 5.75 Å². The Morgan fingerprint density at radius 2 is 1.95 bits per heavy atom. The van der Waals surface area contributed by atoms with Gasteiger partial charge in [0, 0.05) is 46.8 Å². The Kier molecular flexibility index (Phi) is 7.46. The molecule has 0 bridgehead atoms. The summed E-state index contributed by atoms with van der Waals surface area (Å²) in [6, 6.07) is 15.9. The lowest BCUT2D eigenvalue weighted by Gasteiger charge is -2.30. The van der Waals surface area contributed by atoms with E-state index < -0.39 is 0 Å². The summed E-state index contributed by atoms with van der Waals surface area (Å²) in [5.74, 6) is 0.859. The minimum atomic E-state index is -0.282. The molecule has 1 aliphatic heterocycles. The first-order valence-corrected chi connectivity index (χ1v) is 12.6. The smallest absolute Gasteiger partial charge is 0.247 e. The highest BCUT2D eigenvalue weighted by atomic mass is 16.5. The SMILES string of the molecule is C=CC(=O)Nc1ccnc(-c2cccc3cnc(Nc4ccc(NC5CCN(C)CC5)cc4OC)nc23)c1. The molecule has 1 amide bonds. The molecule has 0 unspecified atom stereocenters. The van der Waals surface area contributed by atoms with Crippen LogP contribution in [0, 0.1) is 0 Å². The van der Waals surface area contributed by atoms with Crippen LogP contribution in [-0.4, -0.2) is 59.0 Å². The van der Waals surface area contributed by atoms with E-state index in [2.05, 4.69) is 44.4 Å². The Hall–Kier alpha value is -4.50. The first kappa shape index (κ1) is 25.2. The summed E-state index contributed by atoms with van der Waals surface area (Å²) in [5.41, 5.74) is 4.67. The lowest BCUT2D eigenvalue weighted by atomic mass is 10.1. The number of anilines is 4. The molecule has 0 spiro atoms. The van der Waals surface area contributed by atoms with Gasteiger partial charge in [-0.15, -0.1) is 0 Å². The number of hydrogen-bond acceptors (Lipinski definition) is 8. The van der Waals surface area contributed by atoms with Crippen LogP contribution in [0.25, 0.3) is 22.2 Å². The van der Waals surface area contributed by atoms with Gasteiger partial charge in [0.25, 0.3) is 0 Å². The highest BCUT2D eigenvalue weighted by Crippen LogP contribution is 2.32. The number of rotatable bonds is 8. The fourth-order valence-electron chi connectivity index (χ4n) is 4.56. The van der Waals surface area contributed by atoms with Crippen molar-refractivity contribution < 1.29 is 9.53 Å². The largest absolute Gasteiger partial charge is 0.494 e.